The number of hydrogen-bond acceptors (Lipinski definition) is 2. The molecule has 2 fully saturated rings. The molecule has 3 heteroatoms. The monoisotopic (exact) mass is 352 g/mol. The van der Waals surface area contributed by atoms with Crippen LogP contribution >= 0.6 is 15.9 Å². The molecule has 0 saturated heterocycles. The number of benzene rings is 1. The highest BCUT2D eigenvalue weighted by atomic mass is 79.9. The molecule has 0 heterocycles. The Morgan fingerprint density at radius 1 is 1.14 bits per heavy atom. The summed E-state index contributed by atoms with van der Waals surface area (Å²) in [5.41, 5.74) is 0.936. The van der Waals surface area contributed by atoms with Crippen LogP contribution in [0.4, 0.5) is 0 Å². The fraction of sp³-hybridized carbons (Fsp3) is 0.667. The Labute approximate surface area is 136 Å². The number of halogens is 1. The fourth-order valence-corrected chi connectivity index (χ4v) is 4.77. The van der Waals surface area contributed by atoms with Crippen LogP contribution in [0.15, 0.2) is 22.7 Å². The van der Waals surface area contributed by atoms with Gasteiger partial charge in [-0.2, -0.15) is 0 Å². The molecule has 4 atom stereocenters. The number of ether oxygens (including phenoxy) is 1. The summed E-state index contributed by atoms with van der Waals surface area (Å²) in [6.07, 6.45) is 8.79. The molecular weight excluding hydrogens is 328 g/mol. The van der Waals surface area contributed by atoms with Crippen molar-refractivity contribution in [2.45, 2.75) is 51.0 Å². The molecule has 0 aliphatic heterocycles. The summed E-state index contributed by atoms with van der Waals surface area (Å²) in [5, 5.41) is 10.9. The number of aliphatic hydroxyl groups is 1. The van der Waals surface area contributed by atoms with E-state index in [1.807, 2.05) is 18.2 Å². The average Bonchev–Trinajstić information content (AvgIpc) is 2.53. The third-order valence-corrected chi connectivity index (χ3v) is 6.03. The molecular formula is C18H25BrO2. The molecule has 2 nitrogen and oxygen atoms in total. The summed E-state index contributed by atoms with van der Waals surface area (Å²) < 4.78 is 6.44. The maximum Gasteiger partial charge on any atom is 0.124 e. The molecule has 1 aromatic rings. The molecule has 0 radical (unpaired) electrons. The van der Waals surface area contributed by atoms with Crippen molar-refractivity contribution in [3.63, 3.8) is 0 Å². The number of rotatable bonds is 3. The van der Waals surface area contributed by atoms with E-state index in [1.165, 1.54) is 38.5 Å². The first-order valence-electron chi connectivity index (χ1n) is 8.20. The molecule has 1 N–H and O–H groups in total. The van der Waals surface area contributed by atoms with Gasteiger partial charge in [0, 0.05) is 10.0 Å². The van der Waals surface area contributed by atoms with Crippen LogP contribution in [0.25, 0.3) is 0 Å². The highest BCUT2D eigenvalue weighted by Gasteiger charge is 2.36. The second kappa shape index (κ2) is 6.70. The second-order valence-corrected chi connectivity index (χ2v) is 7.62. The van der Waals surface area contributed by atoms with Gasteiger partial charge in [-0.3, -0.25) is 0 Å². The topological polar surface area (TPSA) is 29.5 Å². The minimum atomic E-state index is -0.402. The zero-order chi connectivity index (χ0) is 14.8. The number of fused-ring (bicyclic) bond motifs is 1. The van der Waals surface area contributed by atoms with Crippen LogP contribution in [0.3, 0.4) is 0 Å². The lowest BCUT2D eigenvalue weighted by Crippen LogP contribution is -2.30. The van der Waals surface area contributed by atoms with Gasteiger partial charge in [-0.05, 0) is 55.2 Å². The smallest absolute Gasteiger partial charge is 0.124 e. The van der Waals surface area contributed by atoms with E-state index in [4.69, 9.17) is 4.74 Å². The summed E-state index contributed by atoms with van der Waals surface area (Å²) in [6, 6.07) is 5.92. The van der Waals surface area contributed by atoms with Crippen LogP contribution < -0.4 is 4.74 Å². The molecule has 2 aliphatic carbocycles. The van der Waals surface area contributed by atoms with Crippen LogP contribution in [0.5, 0.6) is 5.75 Å². The van der Waals surface area contributed by atoms with Crippen molar-refractivity contribution in [1.82, 2.24) is 0 Å². The van der Waals surface area contributed by atoms with E-state index in [0.29, 0.717) is 5.92 Å². The van der Waals surface area contributed by atoms with Crippen molar-refractivity contribution in [2.75, 3.05) is 7.11 Å². The Hall–Kier alpha value is -0.540. The van der Waals surface area contributed by atoms with Gasteiger partial charge in [0.1, 0.15) is 5.75 Å². The van der Waals surface area contributed by atoms with Crippen molar-refractivity contribution in [2.24, 2.45) is 17.8 Å². The van der Waals surface area contributed by atoms with E-state index < -0.39 is 6.10 Å². The molecule has 0 amide bonds. The molecule has 3 rings (SSSR count). The minimum absolute atomic E-state index is 0.382. The van der Waals surface area contributed by atoms with E-state index in [1.54, 1.807) is 7.11 Å². The summed E-state index contributed by atoms with van der Waals surface area (Å²) in [6.45, 7) is 0. The molecule has 0 spiro atoms. The van der Waals surface area contributed by atoms with Crippen LogP contribution in [0.2, 0.25) is 0 Å². The predicted octanol–water partition coefficient (Wildman–Crippen LogP) is 5.10. The third-order valence-electron chi connectivity index (χ3n) is 5.54. The number of methoxy groups -OCH3 is 1. The first kappa shape index (κ1) is 15.4. The first-order valence-corrected chi connectivity index (χ1v) is 9.00. The summed E-state index contributed by atoms with van der Waals surface area (Å²) >= 11 is 3.51. The van der Waals surface area contributed by atoms with E-state index in [0.717, 1.165) is 34.0 Å². The third kappa shape index (κ3) is 3.29. The van der Waals surface area contributed by atoms with Crippen LogP contribution in [0, 0.1) is 17.8 Å². The predicted molar refractivity (Wildman–Crippen MR) is 88.4 cm³/mol. The fourth-order valence-electron chi connectivity index (χ4n) is 4.39. The maximum atomic E-state index is 10.9. The zero-order valence-corrected chi connectivity index (χ0v) is 14.3. The van der Waals surface area contributed by atoms with Crippen molar-refractivity contribution < 1.29 is 9.84 Å². The Bertz CT molecular complexity index is 488. The van der Waals surface area contributed by atoms with E-state index in [-0.39, 0.29) is 0 Å². The summed E-state index contributed by atoms with van der Waals surface area (Å²) in [4.78, 5) is 0. The second-order valence-electron chi connectivity index (χ2n) is 6.71. The van der Waals surface area contributed by atoms with Crippen LogP contribution in [0.1, 0.15) is 56.6 Å². The molecule has 2 aliphatic rings. The molecule has 21 heavy (non-hydrogen) atoms. The average molecular weight is 353 g/mol. The highest BCUT2D eigenvalue weighted by Crippen LogP contribution is 2.47. The number of hydrogen-bond donors (Lipinski definition) is 1. The highest BCUT2D eigenvalue weighted by molar-refractivity contribution is 9.10. The lowest BCUT2D eigenvalue weighted by atomic mass is 9.66. The number of aliphatic hydroxyl groups excluding tert-OH is 1. The summed E-state index contributed by atoms with van der Waals surface area (Å²) in [7, 11) is 1.68. The lowest BCUT2D eigenvalue weighted by Gasteiger charge is -2.41. The van der Waals surface area contributed by atoms with E-state index >= 15 is 0 Å². The molecule has 116 valence electrons. The van der Waals surface area contributed by atoms with Crippen LogP contribution in [-0.4, -0.2) is 12.2 Å². The maximum absolute atomic E-state index is 10.9. The zero-order valence-electron chi connectivity index (χ0n) is 12.7. The quantitative estimate of drug-likeness (QED) is 0.819. The van der Waals surface area contributed by atoms with Crippen molar-refractivity contribution in [3.05, 3.63) is 28.2 Å². The molecule has 4 unspecified atom stereocenters. The van der Waals surface area contributed by atoms with E-state index in [2.05, 4.69) is 15.9 Å². The normalized spacial score (nSPS) is 30.5. The molecule has 0 aromatic heterocycles. The van der Waals surface area contributed by atoms with Crippen molar-refractivity contribution in [3.8, 4) is 5.75 Å². The molecule has 1 aromatic carbocycles. The Morgan fingerprint density at radius 3 is 2.67 bits per heavy atom. The van der Waals surface area contributed by atoms with Crippen molar-refractivity contribution >= 4 is 15.9 Å². The largest absolute Gasteiger partial charge is 0.496 e. The van der Waals surface area contributed by atoms with Gasteiger partial charge in [-0.15, -0.1) is 0 Å². The van der Waals surface area contributed by atoms with Crippen LogP contribution in [-0.2, 0) is 0 Å². The summed E-state index contributed by atoms with van der Waals surface area (Å²) in [5.74, 6) is 2.95. The van der Waals surface area contributed by atoms with E-state index in [9.17, 15) is 5.11 Å². The Balaban J connectivity index is 1.76. The van der Waals surface area contributed by atoms with Gasteiger partial charge < -0.3 is 9.84 Å². The van der Waals surface area contributed by atoms with Gasteiger partial charge in [0.2, 0.25) is 0 Å². The Morgan fingerprint density at radius 2 is 1.90 bits per heavy atom. The van der Waals surface area contributed by atoms with Gasteiger partial charge in [-0.25, -0.2) is 0 Å². The SMILES string of the molecule is COc1ccc(Br)cc1C(O)C1CCC2CCCCC2C1. The minimum Gasteiger partial charge on any atom is -0.496 e. The van der Waals surface area contributed by atoms with Crippen molar-refractivity contribution in [1.29, 1.82) is 0 Å². The van der Waals surface area contributed by atoms with Gasteiger partial charge in [0.15, 0.2) is 0 Å². The molecule has 2 saturated carbocycles. The first-order chi connectivity index (χ1) is 10.2. The lowest BCUT2D eigenvalue weighted by molar-refractivity contribution is 0.0336. The Kier molecular flexibility index (Phi) is 4.90. The molecule has 0 bridgehead atoms. The standard InChI is InChI=1S/C18H25BrO2/c1-21-17-9-8-15(19)11-16(17)18(20)14-7-6-12-4-2-3-5-13(12)10-14/h8-9,11-14,18,20H,2-7,10H2,1H3. The van der Waals surface area contributed by atoms with Gasteiger partial charge >= 0.3 is 0 Å². The van der Waals surface area contributed by atoms with Gasteiger partial charge in [0.25, 0.3) is 0 Å². The van der Waals surface area contributed by atoms with Gasteiger partial charge in [0.05, 0.1) is 13.2 Å². The van der Waals surface area contributed by atoms with Gasteiger partial charge in [-0.1, -0.05) is 41.6 Å².